The van der Waals surface area contributed by atoms with Gasteiger partial charge in [-0.15, -0.1) is 10.2 Å². The van der Waals surface area contributed by atoms with Crippen molar-refractivity contribution in [2.75, 3.05) is 19.5 Å². The first kappa shape index (κ1) is 17.6. The summed E-state index contributed by atoms with van der Waals surface area (Å²) in [6.45, 7) is 6.96. The van der Waals surface area contributed by atoms with Gasteiger partial charge in [-0.1, -0.05) is 32.5 Å². The van der Waals surface area contributed by atoms with Gasteiger partial charge in [0.05, 0.1) is 18.9 Å². The lowest BCUT2D eigenvalue weighted by molar-refractivity contribution is -0.123. The van der Waals surface area contributed by atoms with Crippen LogP contribution in [0.1, 0.15) is 20.8 Å². The molecule has 2 aromatic heterocycles. The Bertz CT molecular complexity index is 650. The van der Waals surface area contributed by atoms with Crippen LogP contribution < -0.4 is 0 Å². The SMILES string of the molecule is COCCn1c(SCC(=O)C(C)(C)C)nnc1-c1ccncc1. The molecule has 0 atom stereocenters. The molecule has 0 saturated carbocycles. The van der Waals surface area contributed by atoms with Crippen molar-refractivity contribution >= 4 is 17.5 Å². The zero-order chi connectivity index (χ0) is 16.9. The smallest absolute Gasteiger partial charge is 0.192 e. The maximum atomic E-state index is 12.1. The van der Waals surface area contributed by atoms with Crippen molar-refractivity contribution in [3.8, 4) is 11.4 Å². The van der Waals surface area contributed by atoms with Crippen molar-refractivity contribution in [2.24, 2.45) is 5.41 Å². The summed E-state index contributed by atoms with van der Waals surface area (Å²) < 4.78 is 7.16. The Morgan fingerprint density at radius 3 is 2.57 bits per heavy atom. The molecule has 0 bridgehead atoms. The summed E-state index contributed by atoms with van der Waals surface area (Å²) in [6, 6.07) is 3.78. The fourth-order valence-corrected chi connectivity index (χ4v) is 2.97. The van der Waals surface area contributed by atoms with Gasteiger partial charge in [-0.05, 0) is 12.1 Å². The van der Waals surface area contributed by atoms with E-state index in [-0.39, 0.29) is 11.2 Å². The Hall–Kier alpha value is -1.73. The normalized spacial score (nSPS) is 11.7. The molecule has 6 nitrogen and oxygen atoms in total. The lowest BCUT2D eigenvalue weighted by Gasteiger charge is -2.16. The molecule has 0 aliphatic carbocycles. The van der Waals surface area contributed by atoms with Crippen molar-refractivity contribution in [1.82, 2.24) is 19.7 Å². The summed E-state index contributed by atoms with van der Waals surface area (Å²) in [5, 5.41) is 9.25. The summed E-state index contributed by atoms with van der Waals surface area (Å²) in [5.74, 6) is 1.33. The van der Waals surface area contributed by atoms with Crippen LogP contribution in [0.2, 0.25) is 0 Å². The minimum atomic E-state index is -0.349. The van der Waals surface area contributed by atoms with Crippen LogP contribution in [-0.2, 0) is 16.1 Å². The molecule has 2 rings (SSSR count). The summed E-state index contributed by atoms with van der Waals surface area (Å²) in [7, 11) is 1.66. The number of pyridine rings is 1. The number of hydrogen-bond donors (Lipinski definition) is 0. The molecule has 0 aromatic carbocycles. The molecule has 0 fully saturated rings. The minimum absolute atomic E-state index is 0.189. The molecular weight excluding hydrogens is 312 g/mol. The van der Waals surface area contributed by atoms with E-state index in [9.17, 15) is 4.79 Å². The second kappa shape index (κ2) is 7.70. The average Bonchev–Trinajstić information content (AvgIpc) is 2.93. The number of rotatable bonds is 7. The summed E-state index contributed by atoms with van der Waals surface area (Å²) in [4.78, 5) is 16.2. The highest BCUT2D eigenvalue weighted by atomic mass is 32.2. The van der Waals surface area contributed by atoms with E-state index in [1.807, 2.05) is 37.5 Å². The molecule has 0 radical (unpaired) electrons. The summed E-state index contributed by atoms with van der Waals surface area (Å²) in [5.41, 5.74) is 0.593. The number of thioether (sulfide) groups is 1. The van der Waals surface area contributed by atoms with Crippen LogP contribution in [0.5, 0.6) is 0 Å². The van der Waals surface area contributed by atoms with E-state index in [1.54, 1.807) is 19.5 Å². The number of aromatic nitrogens is 4. The number of carbonyl (C=O) groups excluding carboxylic acids is 1. The second-order valence-corrected chi connectivity index (χ2v) is 7.09. The molecular formula is C16H22N4O2S. The third-order valence-corrected chi connectivity index (χ3v) is 4.31. The van der Waals surface area contributed by atoms with Crippen molar-refractivity contribution in [3.05, 3.63) is 24.5 Å². The van der Waals surface area contributed by atoms with Gasteiger partial charge < -0.3 is 4.74 Å². The van der Waals surface area contributed by atoms with E-state index in [0.29, 0.717) is 18.9 Å². The summed E-state index contributed by atoms with van der Waals surface area (Å²) >= 11 is 1.42. The fraction of sp³-hybridized carbons (Fsp3) is 0.500. The Morgan fingerprint density at radius 1 is 1.26 bits per heavy atom. The number of nitrogens with zero attached hydrogens (tertiary/aromatic N) is 4. The molecule has 0 saturated heterocycles. The van der Waals surface area contributed by atoms with Crippen LogP contribution in [0.3, 0.4) is 0 Å². The van der Waals surface area contributed by atoms with Crippen LogP contribution in [-0.4, -0.2) is 45.0 Å². The Balaban J connectivity index is 2.22. The van der Waals surface area contributed by atoms with Crippen molar-refractivity contribution in [2.45, 2.75) is 32.5 Å². The van der Waals surface area contributed by atoms with Gasteiger partial charge in [-0.3, -0.25) is 14.3 Å². The average molecular weight is 334 g/mol. The maximum absolute atomic E-state index is 12.1. The van der Waals surface area contributed by atoms with Crippen molar-refractivity contribution in [1.29, 1.82) is 0 Å². The molecule has 7 heteroatoms. The predicted octanol–water partition coefficient (Wildman–Crippen LogP) is 2.69. The lowest BCUT2D eigenvalue weighted by Crippen LogP contribution is -2.22. The number of methoxy groups -OCH3 is 1. The predicted molar refractivity (Wildman–Crippen MR) is 90.3 cm³/mol. The summed E-state index contributed by atoms with van der Waals surface area (Å²) in [6.07, 6.45) is 3.45. The van der Waals surface area contributed by atoms with E-state index < -0.39 is 0 Å². The first-order valence-electron chi connectivity index (χ1n) is 7.42. The molecule has 0 aliphatic rings. The molecule has 2 heterocycles. The van der Waals surface area contributed by atoms with Crippen molar-refractivity contribution < 1.29 is 9.53 Å². The number of ether oxygens (including phenoxy) is 1. The first-order chi connectivity index (χ1) is 10.9. The molecule has 2 aromatic rings. The Labute approximate surface area is 140 Å². The van der Waals surface area contributed by atoms with Gasteiger partial charge in [0.2, 0.25) is 0 Å². The van der Waals surface area contributed by atoms with E-state index in [2.05, 4.69) is 15.2 Å². The highest BCUT2D eigenvalue weighted by Gasteiger charge is 2.22. The van der Waals surface area contributed by atoms with Crippen LogP contribution >= 0.6 is 11.8 Å². The topological polar surface area (TPSA) is 69.9 Å². The van der Waals surface area contributed by atoms with Crippen LogP contribution in [0.4, 0.5) is 0 Å². The number of hydrogen-bond acceptors (Lipinski definition) is 6. The number of ketones is 1. The van der Waals surface area contributed by atoms with Gasteiger partial charge in [0, 0.05) is 30.5 Å². The van der Waals surface area contributed by atoms with E-state index in [0.717, 1.165) is 16.5 Å². The highest BCUT2D eigenvalue weighted by molar-refractivity contribution is 7.99. The van der Waals surface area contributed by atoms with Gasteiger partial charge in [0.25, 0.3) is 0 Å². The number of Topliss-reactive ketones (excluding diaryl/α,β-unsaturated/α-hetero) is 1. The van der Waals surface area contributed by atoms with Gasteiger partial charge in [0.15, 0.2) is 11.0 Å². The Kier molecular flexibility index (Phi) is 5.90. The highest BCUT2D eigenvalue weighted by Crippen LogP contribution is 2.26. The van der Waals surface area contributed by atoms with E-state index >= 15 is 0 Å². The molecule has 0 aliphatic heterocycles. The number of carbonyl (C=O) groups is 1. The minimum Gasteiger partial charge on any atom is -0.383 e. The largest absolute Gasteiger partial charge is 0.383 e. The molecule has 124 valence electrons. The second-order valence-electron chi connectivity index (χ2n) is 6.15. The van der Waals surface area contributed by atoms with Gasteiger partial charge in [0.1, 0.15) is 5.78 Å². The third-order valence-electron chi connectivity index (χ3n) is 3.34. The monoisotopic (exact) mass is 334 g/mol. The van der Waals surface area contributed by atoms with Crippen LogP contribution in [0.25, 0.3) is 11.4 Å². The molecule has 0 amide bonds. The Morgan fingerprint density at radius 2 is 1.96 bits per heavy atom. The van der Waals surface area contributed by atoms with Gasteiger partial charge in [-0.2, -0.15) is 0 Å². The van der Waals surface area contributed by atoms with Gasteiger partial charge >= 0.3 is 0 Å². The lowest BCUT2D eigenvalue weighted by atomic mass is 9.92. The third kappa shape index (κ3) is 4.62. The van der Waals surface area contributed by atoms with Crippen molar-refractivity contribution in [3.63, 3.8) is 0 Å². The molecule has 0 spiro atoms. The first-order valence-corrected chi connectivity index (χ1v) is 8.40. The quantitative estimate of drug-likeness (QED) is 0.725. The van der Waals surface area contributed by atoms with E-state index in [4.69, 9.17) is 4.74 Å². The van der Waals surface area contributed by atoms with Gasteiger partial charge in [-0.25, -0.2) is 0 Å². The fourth-order valence-electron chi connectivity index (χ4n) is 1.84. The standard InChI is InChI=1S/C16H22N4O2S/c1-16(2,3)13(21)11-23-15-19-18-14(20(15)9-10-22-4)12-5-7-17-8-6-12/h5-8H,9-11H2,1-4H3. The molecule has 0 N–H and O–H groups in total. The van der Waals surface area contributed by atoms with Crippen LogP contribution in [0, 0.1) is 5.41 Å². The van der Waals surface area contributed by atoms with E-state index in [1.165, 1.54) is 11.8 Å². The van der Waals surface area contributed by atoms with Crippen LogP contribution in [0.15, 0.2) is 29.7 Å². The zero-order valence-corrected chi connectivity index (χ0v) is 14.8. The molecule has 23 heavy (non-hydrogen) atoms. The zero-order valence-electron chi connectivity index (χ0n) is 13.9. The maximum Gasteiger partial charge on any atom is 0.192 e. The molecule has 0 unspecified atom stereocenters.